The highest BCUT2D eigenvalue weighted by atomic mass is 35.5. The van der Waals surface area contributed by atoms with E-state index in [-0.39, 0.29) is 12.4 Å². The average Bonchev–Trinajstić information content (AvgIpc) is 2.16. The van der Waals surface area contributed by atoms with E-state index < -0.39 is 0 Å². The van der Waals surface area contributed by atoms with Crippen molar-refractivity contribution in [3.05, 3.63) is 0 Å². The second kappa shape index (κ2) is 8.15. The van der Waals surface area contributed by atoms with Crippen LogP contribution in [0.25, 0.3) is 0 Å². The quantitative estimate of drug-likeness (QED) is 0.712. The van der Waals surface area contributed by atoms with Gasteiger partial charge in [-0.1, -0.05) is 38.0 Å². The van der Waals surface area contributed by atoms with Crippen LogP contribution in [0, 0.1) is 18.3 Å². The number of halogens is 1. The van der Waals surface area contributed by atoms with Crippen LogP contribution in [0.2, 0.25) is 0 Å². The molecule has 1 aliphatic rings. The van der Waals surface area contributed by atoms with E-state index in [0.29, 0.717) is 12.6 Å². The summed E-state index contributed by atoms with van der Waals surface area (Å²) < 4.78 is 0. The Bertz CT molecular complexity index is 168. The first-order chi connectivity index (χ1) is 6.33. The van der Waals surface area contributed by atoms with E-state index in [0.717, 1.165) is 5.92 Å². The summed E-state index contributed by atoms with van der Waals surface area (Å²) in [5.41, 5.74) is 0. The summed E-state index contributed by atoms with van der Waals surface area (Å²) in [4.78, 5) is 0. The summed E-state index contributed by atoms with van der Waals surface area (Å²) in [5, 5.41) is 3.34. The molecule has 14 heavy (non-hydrogen) atoms. The zero-order valence-electron chi connectivity index (χ0n) is 9.09. The predicted octanol–water partition coefficient (Wildman–Crippen LogP) is 2.99. The summed E-state index contributed by atoms with van der Waals surface area (Å²) in [6.45, 7) is 2.96. The van der Waals surface area contributed by atoms with E-state index >= 15 is 0 Å². The second-order valence-corrected chi connectivity index (χ2v) is 4.23. The molecule has 0 heterocycles. The standard InChI is InChI=1S/C12H21N.ClH/c1-3-9-13-11(2)10-12-7-5-4-6-8-12;/h1,11-13H,4-10H2,2H3;1H. The Morgan fingerprint density at radius 2 is 2.00 bits per heavy atom. The molecule has 1 N–H and O–H groups in total. The number of nitrogens with one attached hydrogen (secondary N) is 1. The SMILES string of the molecule is C#CCNC(C)CC1CCCCC1.Cl. The number of hydrogen-bond donors (Lipinski definition) is 1. The van der Waals surface area contributed by atoms with Crippen molar-refractivity contribution in [2.24, 2.45) is 5.92 Å². The molecule has 0 radical (unpaired) electrons. The predicted molar refractivity (Wildman–Crippen MR) is 64.7 cm³/mol. The van der Waals surface area contributed by atoms with E-state index in [9.17, 15) is 0 Å². The van der Waals surface area contributed by atoms with Crippen molar-refractivity contribution in [1.82, 2.24) is 5.32 Å². The van der Waals surface area contributed by atoms with Crippen LogP contribution in [0.5, 0.6) is 0 Å². The highest BCUT2D eigenvalue weighted by Gasteiger charge is 2.15. The van der Waals surface area contributed by atoms with Gasteiger partial charge in [0.25, 0.3) is 0 Å². The van der Waals surface area contributed by atoms with E-state index in [1.54, 1.807) is 0 Å². The van der Waals surface area contributed by atoms with Crippen LogP contribution in [0.4, 0.5) is 0 Å². The largest absolute Gasteiger partial charge is 0.304 e. The van der Waals surface area contributed by atoms with Gasteiger partial charge in [-0.3, -0.25) is 0 Å². The molecule has 82 valence electrons. The molecule has 1 aliphatic carbocycles. The zero-order chi connectivity index (χ0) is 9.52. The number of rotatable bonds is 4. The van der Waals surface area contributed by atoms with Crippen molar-refractivity contribution in [2.45, 2.75) is 51.5 Å². The minimum absolute atomic E-state index is 0. The van der Waals surface area contributed by atoms with Gasteiger partial charge in [-0.25, -0.2) is 0 Å². The van der Waals surface area contributed by atoms with Crippen molar-refractivity contribution in [3.8, 4) is 12.3 Å². The van der Waals surface area contributed by atoms with Gasteiger partial charge in [-0.15, -0.1) is 18.8 Å². The zero-order valence-corrected chi connectivity index (χ0v) is 9.91. The van der Waals surface area contributed by atoms with Gasteiger partial charge in [0.15, 0.2) is 0 Å². The van der Waals surface area contributed by atoms with Crippen LogP contribution in [-0.2, 0) is 0 Å². The van der Waals surface area contributed by atoms with E-state index in [4.69, 9.17) is 6.42 Å². The van der Waals surface area contributed by atoms with Crippen LogP contribution in [0.1, 0.15) is 45.4 Å². The Hall–Kier alpha value is -0.190. The Kier molecular flexibility index (Phi) is 8.04. The normalized spacial score (nSPS) is 19.4. The first-order valence-electron chi connectivity index (χ1n) is 5.49. The molecule has 1 rings (SSSR count). The third-order valence-corrected chi connectivity index (χ3v) is 2.96. The van der Waals surface area contributed by atoms with Gasteiger partial charge < -0.3 is 5.32 Å². The molecule has 1 saturated carbocycles. The van der Waals surface area contributed by atoms with Gasteiger partial charge in [0.05, 0.1) is 6.54 Å². The lowest BCUT2D eigenvalue weighted by Crippen LogP contribution is -2.29. The van der Waals surface area contributed by atoms with Crippen LogP contribution in [-0.4, -0.2) is 12.6 Å². The Labute approximate surface area is 94.4 Å². The fraction of sp³-hybridized carbons (Fsp3) is 0.833. The molecule has 0 saturated heterocycles. The van der Waals surface area contributed by atoms with Crippen LogP contribution >= 0.6 is 12.4 Å². The maximum atomic E-state index is 5.20. The molecule has 0 aromatic carbocycles. The van der Waals surface area contributed by atoms with E-state index in [1.165, 1.54) is 38.5 Å². The molecule has 2 heteroatoms. The summed E-state index contributed by atoms with van der Waals surface area (Å²) in [6.07, 6.45) is 13.7. The topological polar surface area (TPSA) is 12.0 Å². The Morgan fingerprint density at radius 1 is 1.36 bits per heavy atom. The van der Waals surface area contributed by atoms with Crippen molar-refractivity contribution >= 4 is 12.4 Å². The summed E-state index contributed by atoms with van der Waals surface area (Å²) in [7, 11) is 0. The number of terminal acetylenes is 1. The lowest BCUT2D eigenvalue weighted by atomic mass is 9.85. The maximum Gasteiger partial charge on any atom is 0.0575 e. The summed E-state index contributed by atoms with van der Waals surface area (Å²) in [5.74, 6) is 3.58. The third kappa shape index (κ3) is 5.52. The molecule has 1 fully saturated rings. The molecule has 1 atom stereocenters. The fourth-order valence-corrected chi connectivity index (χ4v) is 2.24. The monoisotopic (exact) mass is 215 g/mol. The van der Waals surface area contributed by atoms with Crippen molar-refractivity contribution in [1.29, 1.82) is 0 Å². The maximum absolute atomic E-state index is 5.20. The van der Waals surface area contributed by atoms with Crippen molar-refractivity contribution < 1.29 is 0 Å². The second-order valence-electron chi connectivity index (χ2n) is 4.23. The molecular formula is C12H22ClN. The van der Waals surface area contributed by atoms with E-state index in [2.05, 4.69) is 18.2 Å². The van der Waals surface area contributed by atoms with Gasteiger partial charge in [0.2, 0.25) is 0 Å². The summed E-state index contributed by atoms with van der Waals surface area (Å²) in [6, 6.07) is 0.596. The minimum atomic E-state index is 0. The van der Waals surface area contributed by atoms with Crippen LogP contribution in [0.3, 0.4) is 0 Å². The first-order valence-corrected chi connectivity index (χ1v) is 5.49. The highest BCUT2D eigenvalue weighted by Crippen LogP contribution is 2.27. The Balaban J connectivity index is 0.00000169. The first kappa shape index (κ1) is 13.8. The van der Waals surface area contributed by atoms with Gasteiger partial charge in [0.1, 0.15) is 0 Å². The summed E-state index contributed by atoms with van der Waals surface area (Å²) >= 11 is 0. The molecule has 0 amide bonds. The smallest absolute Gasteiger partial charge is 0.0575 e. The van der Waals surface area contributed by atoms with Crippen LogP contribution in [0.15, 0.2) is 0 Å². The molecule has 0 aliphatic heterocycles. The van der Waals surface area contributed by atoms with Crippen molar-refractivity contribution in [2.75, 3.05) is 6.54 Å². The molecule has 0 bridgehead atoms. The molecule has 0 spiro atoms. The van der Waals surface area contributed by atoms with Gasteiger partial charge in [0, 0.05) is 6.04 Å². The van der Waals surface area contributed by atoms with Gasteiger partial charge in [-0.05, 0) is 19.3 Å². The Morgan fingerprint density at radius 3 is 2.57 bits per heavy atom. The molecule has 0 aromatic heterocycles. The average molecular weight is 216 g/mol. The van der Waals surface area contributed by atoms with Gasteiger partial charge >= 0.3 is 0 Å². The van der Waals surface area contributed by atoms with E-state index in [1.807, 2.05) is 0 Å². The number of hydrogen-bond acceptors (Lipinski definition) is 1. The lowest BCUT2D eigenvalue weighted by Gasteiger charge is -2.24. The highest BCUT2D eigenvalue weighted by molar-refractivity contribution is 5.85. The van der Waals surface area contributed by atoms with Crippen molar-refractivity contribution in [3.63, 3.8) is 0 Å². The third-order valence-electron chi connectivity index (χ3n) is 2.96. The molecule has 1 unspecified atom stereocenters. The minimum Gasteiger partial charge on any atom is -0.304 e. The van der Waals surface area contributed by atoms with Crippen LogP contribution < -0.4 is 5.32 Å². The molecular weight excluding hydrogens is 194 g/mol. The molecule has 0 aromatic rings. The van der Waals surface area contributed by atoms with Gasteiger partial charge in [-0.2, -0.15) is 0 Å². The molecule has 1 nitrogen and oxygen atoms in total. The lowest BCUT2D eigenvalue weighted by molar-refractivity contribution is 0.309. The fourth-order valence-electron chi connectivity index (χ4n) is 2.24.